The van der Waals surface area contributed by atoms with Gasteiger partial charge in [-0.2, -0.15) is 4.98 Å². The van der Waals surface area contributed by atoms with Gasteiger partial charge < -0.3 is 13.9 Å². The number of hydrogen-bond donors (Lipinski definition) is 1. The van der Waals surface area contributed by atoms with E-state index in [-0.39, 0.29) is 29.0 Å². The minimum atomic E-state index is -4.00. The molecule has 0 aliphatic carbocycles. The lowest BCUT2D eigenvalue weighted by Crippen LogP contribution is -2.15. The average molecular weight is 354 g/mol. The van der Waals surface area contributed by atoms with Crippen LogP contribution in [-0.2, 0) is 14.8 Å². The number of carbonyl (C=O) groups excluding carboxylic acids is 1. The second-order valence-electron chi connectivity index (χ2n) is 4.95. The third kappa shape index (κ3) is 3.67. The molecular weight excluding hydrogens is 336 g/mol. The van der Waals surface area contributed by atoms with E-state index < -0.39 is 16.0 Å². The Morgan fingerprint density at radius 2 is 1.96 bits per heavy atom. The molecule has 0 fully saturated rings. The topological polar surface area (TPSA) is 108 Å². The lowest BCUT2D eigenvalue weighted by molar-refractivity contribution is 0.0519. The zero-order chi connectivity index (χ0) is 17.9. The molecule has 0 aliphatic rings. The maximum Gasteiger partial charge on any atom is 0.360 e. The van der Waals surface area contributed by atoms with E-state index in [1.54, 1.807) is 19.9 Å². The molecule has 0 bridgehead atoms. The van der Waals surface area contributed by atoms with Crippen LogP contribution in [0.4, 0.5) is 6.01 Å². The van der Waals surface area contributed by atoms with Crippen LogP contribution in [0.15, 0.2) is 27.7 Å². The van der Waals surface area contributed by atoms with Crippen molar-refractivity contribution in [2.45, 2.75) is 25.7 Å². The van der Waals surface area contributed by atoms with Crippen LogP contribution >= 0.6 is 0 Å². The fourth-order valence-corrected chi connectivity index (χ4v) is 3.09. The van der Waals surface area contributed by atoms with Crippen LogP contribution in [0.2, 0.25) is 0 Å². The van der Waals surface area contributed by atoms with Crippen LogP contribution in [0.3, 0.4) is 0 Å². The molecule has 24 heavy (non-hydrogen) atoms. The largest absolute Gasteiger partial charge is 0.495 e. The van der Waals surface area contributed by atoms with E-state index >= 15 is 0 Å². The summed E-state index contributed by atoms with van der Waals surface area (Å²) in [6, 6.07) is 2.79. The van der Waals surface area contributed by atoms with Gasteiger partial charge in [-0.25, -0.2) is 17.9 Å². The van der Waals surface area contributed by atoms with Crippen molar-refractivity contribution in [1.82, 2.24) is 4.98 Å². The molecule has 8 nitrogen and oxygen atoms in total. The van der Waals surface area contributed by atoms with E-state index in [4.69, 9.17) is 13.9 Å². The van der Waals surface area contributed by atoms with Gasteiger partial charge in [-0.1, -0.05) is 0 Å². The van der Waals surface area contributed by atoms with Gasteiger partial charge in [-0.05, 0) is 44.0 Å². The van der Waals surface area contributed by atoms with Gasteiger partial charge in [-0.15, -0.1) is 0 Å². The SMILES string of the molecule is CCOC(=O)c1coc(NS(=O)(=O)c2cc(C)c(C)cc2OC)n1. The zero-order valence-corrected chi connectivity index (χ0v) is 14.6. The molecule has 2 aromatic rings. The number of benzene rings is 1. The first-order chi connectivity index (χ1) is 11.3. The molecule has 1 heterocycles. The van der Waals surface area contributed by atoms with Crippen LogP contribution in [0.5, 0.6) is 5.75 Å². The fraction of sp³-hybridized carbons (Fsp3) is 0.333. The Bertz CT molecular complexity index is 857. The molecule has 1 aromatic heterocycles. The van der Waals surface area contributed by atoms with Crippen molar-refractivity contribution in [2.24, 2.45) is 0 Å². The Balaban J connectivity index is 2.33. The van der Waals surface area contributed by atoms with Crippen LogP contribution in [0, 0.1) is 13.8 Å². The van der Waals surface area contributed by atoms with E-state index in [1.807, 2.05) is 6.92 Å². The quantitative estimate of drug-likeness (QED) is 0.793. The number of nitrogens with one attached hydrogen (secondary N) is 1. The van der Waals surface area contributed by atoms with E-state index in [1.165, 1.54) is 13.2 Å². The summed E-state index contributed by atoms with van der Waals surface area (Å²) in [7, 11) is -2.62. The van der Waals surface area contributed by atoms with Gasteiger partial charge >= 0.3 is 12.0 Å². The van der Waals surface area contributed by atoms with Crippen molar-refractivity contribution in [2.75, 3.05) is 18.4 Å². The van der Waals surface area contributed by atoms with E-state index in [9.17, 15) is 13.2 Å². The average Bonchev–Trinajstić information content (AvgIpc) is 2.97. The highest BCUT2D eigenvalue weighted by Gasteiger charge is 2.24. The second kappa shape index (κ2) is 6.91. The first-order valence-corrected chi connectivity index (χ1v) is 8.57. The first-order valence-electron chi connectivity index (χ1n) is 7.09. The molecular formula is C15H18N2O6S. The number of oxazole rings is 1. The monoisotopic (exact) mass is 354 g/mol. The van der Waals surface area contributed by atoms with Gasteiger partial charge in [0.1, 0.15) is 16.9 Å². The summed E-state index contributed by atoms with van der Waals surface area (Å²) < 4.78 is 42.1. The molecule has 1 N–H and O–H groups in total. The number of nitrogens with zero attached hydrogens (tertiary/aromatic N) is 1. The third-order valence-corrected chi connectivity index (χ3v) is 4.62. The summed E-state index contributed by atoms with van der Waals surface area (Å²) in [5, 5.41) is 0. The predicted octanol–water partition coefficient (Wildman–Crippen LogP) is 2.28. The number of anilines is 1. The van der Waals surface area contributed by atoms with Crippen molar-refractivity contribution >= 4 is 22.0 Å². The number of aryl methyl sites for hydroxylation is 2. The number of sulfonamides is 1. The van der Waals surface area contributed by atoms with Crippen LogP contribution in [0.25, 0.3) is 0 Å². The van der Waals surface area contributed by atoms with Gasteiger partial charge in [0.25, 0.3) is 10.0 Å². The first kappa shape index (κ1) is 17.8. The Hall–Kier alpha value is -2.55. The summed E-state index contributed by atoms with van der Waals surface area (Å²) in [5.74, 6) is -0.502. The molecule has 1 aromatic carbocycles. The van der Waals surface area contributed by atoms with Crippen LogP contribution in [-0.4, -0.2) is 33.1 Å². The number of esters is 1. The molecule has 130 valence electrons. The number of hydrogen-bond acceptors (Lipinski definition) is 7. The highest BCUT2D eigenvalue weighted by molar-refractivity contribution is 7.92. The zero-order valence-electron chi connectivity index (χ0n) is 13.7. The van der Waals surface area contributed by atoms with Crippen molar-refractivity contribution in [1.29, 1.82) is 0 Å². The maximum absolute atomic E-state index is 12.5. The molecule has 0 aliphatic heterocycles. The normalized spacial score (nSPS) is 11.2. The molecule has 9 heteroatoms. The van der Waals surface area contributed by atoms with Gasteiger partial charge in [0.2, 0.25) is 0 Å². The van der Waals surface area contributed by atoms with Gasteiger partial charge in [-0.3, -0.25) is 0 Å². The third-order valence-electron chi connectivity index (χ3n) is 3.28. The number of rotatable bonds is 6. The lowest BCUT2D eigenvalue weighted by atomic mass is 10.1. The van der Waals surface area contributed by atoms with Gasteiger partial charge in [0.05, 0.1) is 13.7 Å². The summed E-state index contributed by atoms with van der Waals surface area (Å²) in [5.41, 5.74) is 1.56. The van der Waals surface area contributed by atoms with Crippen molar-refractivity contribution < 1.29 is 27.1 Å². The smallest absolute Gasteiger partial charge is 0.360 e. The summed E-state index contributed by atoms with van der Waals surface area (Å²) >= 11 is 0. The molecule has 0 unspecified atom stereocenters. The number of carbonyl (C=O) groups is 1. The Kier molecular flexibility index (Phi) is 5.13. The van der Waals surface area contributed by atoms with Crippen molar-refractivity contribution in [3.63, 3.8) is 0 Å². The van der Waals surface area contributed by atoms with E-state index in [0.717, 1.165) is 17.4 Å². The summed E-state index contributed by atoms with van der Waals surface area (Å²) in [6.45, 7) is 5.46. The van der Waals surface area contributed by atoms with E-state index in [0.29, 0.717) is 0 Å². The second-order valence-corrected chi connectivity index (χ2v) is 6.60. The molecule has 0 amide bonds. The van der Waals surface area contributed by atoms with E-state index in [2.05, 4.69) is 9.71 Å². The Labute approximate surface area is 139 Å². The highest BCUT2D eigenvalue weighted by Crippen LogP contribution is 2.28. The van der Waals surface area contributed by atoms with Crippen LogP contribution in [0.1, 0.15) is 28.5 Å². The van der Waals surface area contributed by atoms with Gasteiger partial charge in [0.15, 0.2) is 5.69 Å². The molecule has 0 radical (unpaired) electrons. The van der Waals surface area contributed by atoms with Gasteiger partial charge in [0, 0.05) is 0 Å². The summed E-state index contributed by atoms with van der Waals surface area (Å²) in [4.78, 5) is 15.2. The van der Waals surface area contributed by atoms with Crippen molar-refractivity contribution in [3.8, 4) is 5.75 Å². The maximum atomic E-state index is 12.5. The number of methoxy groups -OCH3 is 1. The Morgan fingerprint density at radius 1 is 1.29 bits per heavy atom. The molecule has 0 saturated heterocycles. The molecule has 2 rings (SSSR count). The molecule has 0 atom stereocenters. The minimum absolute atomic E-state index is 0.0519. The fourth-order valence-electron chi connectivity index (χ4n) is 1.92. The highest BCUT2D eigenvalue weighted by atomic mass is 32.2. The summed E-state index contributed by atoms with van der Waals surface area (Å²) in [6.07, 6.45) is 1.02. The van der Waals surface area contributed by atoms with Crippen molar-refractivity contribution in [3.05, 3.63) is 35.2 Å². The minimum Gasteiger partial charge on any atom is -0.495 e. The number of aromatic nitrogens is 1. The number of ether oxygens (including phenoxy) is 2. The van der Waals surface area contributed by atoms with Crippen LogP contribution < -0.4 is 9.46 Å². The standard InChI is InChI=1S/C15H18N2O6S/c1-5-22-14(18)11-8-23-15(16-11)17-24(19,20)13-7-10(3)9(2)6-12(13)21-4/h6-8H,5H2,1-4H3,(H,16,17). The molecule has 0 saturated carbocycles. The lowest BCUT2D eigenvalue weighted by Gasteiger charge is -2.12. The molecule has 0 spiro atoms. The predicted molar refractivity (Wildman–Crippen MR) is 85.7 cm³/mol. The Morgan fingerprint density at radius 3 is 2.58 bits per heavy atom.